The number of piperazine rings is 1. The van der Waals surface area contributed by atoms with E-state index in [9.17, 15) is 9.18 Å². The molecule has 1 amide bonds. The molecule has 2 aromatic rings. The monoisotopic (exact) mass is 287 g/mol. The van der Waals surface area contributed by atoms with Gasteiger partial charge in [-0.3, -0.25) is 9.78 Å². The number of halogens is 1. The number of fused-ring (bicyclic) bond motifs is 1. The van der Waals surface area contributed by atoms with Crippen LogP contribution in [0, 0.1) is 12.7 Å². The third-order valence-corrected chi connectivity index (χ3v) is 3.79. The van der Waals surface area contributed by atoms with Crippen LogP contribution in [0.4, 0.5) is 4.39 Å². The summed E-state index contributed by atoms with van der Waals surface area (Å²) in [7, 11) is 0. The molecule has 4 nitrogen and oxygen atoms in total. The van der Waals surface area contributed by atoms with Gasteiger partial charge in [-0.25, -0.2) is 4.39 Å². The number of carbonyl (C=O) groups excluding carboxylic acids is 1. The summed E-state index contributed by atoms with van der Waals surface area (Å²) >= 11 is 0. The van der Waals surface area contributed by atoms with Gasteiger partial charge in [-0.2, -0.15) is 0 Å². The summed E-state index contributed by atoms with van der Waals surface area (Å²) in [5, 5.41) is 4.03. The first-order valence-corrected chi connectivity index (χ1v) is 7.14. The molecular formula is C16H18FN3O. The van der Waals surface area contributed by atoms with Crippen molar-refractivity contribution in [2.45, 2.75) is 19.9 Å². The van der Waals surface area contributed by atoms with Crippen molar-refractivity contribution in [3.05, 3.63) is 41.3 Å². The second-order valence-electron chi connectivity index (χ2n) is 5.58. The van der Waals surface area contributed by atoms with Crippen molar-refractivity contribution in [1.29, 1.82) is 0 Å². The normalized spacial score (nSPS) is 19.0. The molecule has 2 heterocycles. The third-order valence-electron chi connectivity index (χ3n) is 3.79. The highest BCUT2D eigenvalue weighted by Gasteiger charge is 2.23. The van der Waals surface area contributed by atoms with Crippen LogP contribution in [0.5, 0.6) is 0 Å². The lowest BCUT2D eigenvalue weighted by Gasteiger charge is -2.32. The van der Waals surface area contributed by atoms with Gasteiger partial charge in [-0.1, -0.05) is 0 Å². The summed E-state index contributed by atoms with van der Waals surface area (Å²) in [6.07, 6.45) is 0. The van der Waals surface area contributed by atoms with E-state index in [1.165, 1.54) is 12.1 Å². The molecule has 1 aliphatic heterocycles. The minimum atomic E-state index is -0.338. The van der Waals surface area contributed by atoms with Crippen molar-refractivity contribution in [3.8, 4) is 0 Å². The Morgan fingerprint density at radius 1 is 1.43 bits per heavy atom. The molecular weight excluding hydrogens is 269 g/mol. The Hall–Kier alpha value is -2.01. The molecule has 1 saturated heterocycles. The molecule has 5 heteroatoms. The molecule has 1 fully saturated rings. The first-order valence-electron chi connectivity index (χ1n) is 7.14. The predicted molar refractivity (Wildman–Crippen MR) is 79.8 cm³/mol. The number of pyridine rings is 1. The number of nitrogens with zero attached hydrogens (tertiary/aromatic N) is 2. The van der Waals surface area contributed by atoms with E-state index in [0.717, 1.165) is 12.2 Å². The van der Waals surface area contributed by atoms with Gasteiger partial charge in [-0.15, -0.1) is 0 Å². The van der Waals surface area contributed by atoms with Crippen LogP contribution >= 0.6 is 0 Å². The molecule has 0 aliphatic carbocycles. The average molecular weight is 287 g/mol. The standard InChI is InChI=1S/C16H18FN3O/c1-10-7-14(13-4-3-12(17)8-15(13)19-10)16(21)20-6-5-18-11(2)9-20/h3-4,7-8,11,18H,5-6,9H2,1-2H3/t11-/m1/s1. The number of carbonyl (C=O) groups is 1. The van der Waals surface area contributed by atoms with Gasteiger partial charge in [0.05, 0.1) is 11.1 Å². The van der Waals surface area contributed by atoms with Gasteiger partial charge in [0.2, 0.25) is 0 Å². The van der Waals surface area contributed by atoms with E-state index in [0.29, 0.717) is 29.6 Å². The number of aromatic nitrogens is 1. The minimum Gasteiger partial charge on any atom is -0.336 e. The molecule has 1 aliphatic rings. The molecule has 1 aromatic heterocycles. The van der Waals surface area contributed by atoms with Gasteiger partial charge in [0.15, 0.2) is 0 Å². The summed E-state index contributed by atoms with van der Waals surface area (Å²) in [6.45, 7) is 6.05. The molecule has 0 bridgehead atoms. The van der Waals surface area contributed by atoms with Crippen molar-refractivity contribution < 1.29 is 9.18 Å². The van der Waals surface area contributed by atoms with Crippen LogP contribution in [-0.2, 0) is 0 Å². The van der Waals surface area contributed by atoms with E-state index in [1.54, 1.807) is 12.1 Å². The topological polar surface area (TPSA) is 45.2 Å². The van der Waals surface area contributed by atoms with Crippen molar-refractivity contribution >= 4 is 16.8 Å². The fourth-order valence-corrected chi connectivity index (χ4v) is 2.80. The number of rotatable bonds is 1. The Kier molecular flexibility index (Phi) is 3.59. The summed E-state index contributed by atoms with van der Waals surface area (Å²) in [5.74, 6) is -0.347. The second-order valence-corrected chi connectivity index (χ2v) is 5.58. The summed E-state index contributed by atoms with van der Waals surface area (Å²) in [6, 6.07) is 6.45. The maximum atomic E-state index is 13.4. The number of hydrogen-bond donors (Lipinski definition) is 1. The maximum Gasteiger partial charge on any atom is 0.254 e. The molecule has 0 radical (unpaired) electrons. The second kappa shape index (κ2) is 5.41. The minimum absolute atomic E-state index is 0.00884. The van der Waals surface area contributed by atoms with Crippen molar-refractivity contribution in [2.75, 3.05) is 19.6 Å². The van der Waals surface area contributed by atoms with E-state index in [4.69, 9.17) is 0 Å². The molecule has 3 rings (SSSR count). The van der Waals surface area contributed by atoms with Crippen molar-refractivity contribution in [1.82, 2.24) is 15.2 Å². The zero-order valence-corrected chi connectivity index (χ0v) is 12.2. The highest BCUT2D eigenvalue weighted by atomic mass is 19.1. The average Bonchev–Trinajstić information content (AvgIpc) is 2.45. The molecule has 1 atom stereocenters. The lowest BCUT2D eigenvalue weighted by molar-refractivity contribution is 0.0711. The molecule has 1 N–H and O–H groups in total. The van der Waals surface area contributed by atoms with Gasteiger partial charge >= 0.3 is 0 Å². The fourth-order valence-electron chi connectivity index (χ4n) is 2.80. The lowest BCUT2D eigenvalue weighted by Crippen LogP contribution is -2.51. The molecule has 21 heavy (non-hydrogen) atoms. The highest BCUT2D eigenvalue weighted by molar-refractivity contribution is 6.06. The van der Waals surface area contributed by atoms with Crippen LogP contribution in [0.2, 0.25) is 0 Å². The quantitative estimate of drug-likeness (QED) is 0.874. The number of benzene rings is 1. The Morgan fingerprint density at radius 2 is 2.24 bits per heavy atom. The summed E-state index contributed by atoms with van der Waals surface area (Å²) < 4.78 is 13.4. The largest absolute Gasteiger partial charge is 0.336 e. The van der Waals surface area contributed by atoms with Gasteiger partial charge in [0.1, 0.15) is 5.82 Å². The van der Waals surface area contributed by atoms with E-state index in [2.05, 4.69) is 17.2 Å². The van der Waals surface area contributed by atoms with Crippen LogP contribution in [0.15, 0.2) is 24.3 Å². The maximum absolute atomic E-state index is 13.4. The Balaban J connectivity index is 2.04. The summed E-state index contributed by atoms with van der Waals surface area (Å²) in [5.41, 5.74) is 1.85. The Labute approximate surface area is 123 Å². The Bertz CT molecular complexity index is 696. The van der Waals surface area contributed by atoms with Crippen molar-refractivity contribution in [2.24, 2.45) is 0 Å². The van der Waals surface area contributed by atoms with E-state index in [-0.39, 0.29) is 17.8 Å². The zero-order chi connectivity index (χ0) is 15.0. The summed E-state index contributed by atoms with van der Waals surface area (Å²) in [4.78, 5) is 18.9. The number of nitrogens with one attached hydrogen (secondary N) is 1. The van der Waals surface area contributed by atoms with Crippen LogP contribution in [-0.4, -0.2) is 41.5 Å². The zero-order valence-electron chi connectivity index (χ0n) is 12.2. The molecule has 0 unspecified atom stereocenters. The van der Waals surface area contributed by atoms with Gasteiger partial charge in [0, 0.05) is 42.8 Å². The first kappa shape index (κ1) is 13.9. The fraction of sp³-hybridized carbons (Fsp3) is 0.375. The number of amides is 1. The molecule has 0 spiro atoms. The van der Waals surface area contributed by atoms with Gasteiger partial charge in [-0.05, 0) is 32.0 Å². The number of hydrogen-bond acceptors (Lipinski definition) is 3. The third kappa shape index (κ3) is 2.74. The Morgan fingerprint density at radius 3 is 3.00 bits per heavy atom. The lowest BCUT2D eigenvalue weighted by atomic mass is 10.1. The van der Waals surface area contributed by atoms with E-state index in [1.807, 2.05) is 11.8 Å². The predicted octanol–water partition coefficient (Wildman–Crippen LogP) is 2.12. The smallest absolute Gasteiger partial charge is 0.254 e. The SMILES string of the molecule is Cc1cc(C(=O)N2CCN[C@H](C)C2)c2ccc(F)cc2n1. The molecule has 1 aromatic carbocycles. The van der Waals surface area contributed by atoms with Crippen LogP contribution in [0.1, 0.15) is 23.0 Å². The highest BCUT2D eigenvalue weighted by Crippen LogP contribution is 2.21. The van der Waals surface area contributed by atoms with Crippen molar-refractivity contribution in [3.63, 3.8) is 0 Å². The van der Waals surface area contributed by atoms with Gasteiger partial charge in [0.25, 0.3) is 5.91 Å². The molecule has 110 valence electrons. The van der Waals surface area contributed by atoms with Gasteiger partial charge < -0.3 is 10.2 Å². The molecule has 0 saturated carbocycles. The first-order chi connectivity index (χ1) is 10.0. The van der Waals surface area contributed by atoms with Crippen LogP contribution in [0.25, 0.3) is 10.9 Å². The number of aryl methyl sites for hydroxylation is 1. The van der Waals surface area contributed by atoms with E-state index >= 15 is 0 Å². The van der Waals surface area contributed by atoms with Crippen LogP contribution < -0.4 is 5.32 Å². The van der Waals surface area contributed by atoms with Crippen LogP contribution in [0.3, 0.4) is 0 Å². The van der Waals surface area contributed by atoms with E-state index < -0.39 is 0 Å².